The molecule has 5 nitrogen and oxygen atoms in total. The van der Waals surface area contributed by atoms with E-state index in [1.165, 1.54) is 11.8 Å². The minimum atomic E-state index is -1.72. The number of likely N-dealkylation sites (tertiary alicyclic amines) is 1. The first-order valence-electron chi connectivity index (χ1n) is 8.33. The third-order valence-electron chi connectivity index (χ3n) is 4.81. The van der Waals surface area contributed by atoms with E-state index in [1.54, 1.807) is 7.05 Å². The Kier molecular flexibility index (Phi) is 4.79. The summed E-state index contributed by atoms with van der Waals surface area (Å²) in [4.78, 5) is 13.4. The molecule has 0 aliphatic carbocycles. The van der Waals surface area contributed by atoms with Gasteiger partial charge in [-0.1, -0.05) is 42.5 Å². The van der Waals surface area contributed by atoms with Gasteiger partial charge in [0.2, 0.25) is 0 Å². The van der Waals surface area contributed by atoms with Crippen LogP contribution < -0.4 is 4.74 Å². The van der Waals surface area contributed by atoms with Crippen molar-refractivity contribution in [3.8, 4) is 5.75 Å². The molecule has 1 aliphatic heterocycles. The summed E-state index contributed by atoms with van der Waals surface area (Å²) < 4.78 is 5.76. The molecule has 1 fully saturated rings. The maximum absolute atomic E-state index is 12.0. The summed E-state index contributed by atoms with van der Waals surface area (Å²) in [6.45, 7) is 1.86. The van der Waals surface area contributed by atoms with Gasteiger partial charge in [-0.2, -0.15) is 0 Å². The summed E-state index contributed by atoms with van der Waals surface area (Å²) >= 11 is 0. The fourth-order valence-electron chi connectivity index (χ4n) is 3.17. The number of hydrogen-bond donors (Lipinski definition) is 2. The molecule has 0 bridgehead atoms. The average Bonchev–Trinajstić information content (AvgIpc) is 2.77. The highest BCUT2D eigenvalue weighted by atomic mass is 16.5. The lowest BCUT2D eigenvalue weighted by Gasteiger charge is -2.23. The average molecular weight is 341 g/mol. The van der Waals surface area contributed by atoms with Crippen molar-refractivity contribution in [2.75, 3.05) is 7.05 Å². The Morgan fingerprint density at radius 2 is 1.72 bits per heavy atom. The molecular weight excluding hydrogens is 318 g/mol. The zero-order chi connectivity index (χ0) is 18.0. The molecule has 5 heteroatoms. The number of hydrogen-bond acceptors (Lipinski definition) is 4. The molecule has 3 atom stereocenters. The lowest BCUT2D eigenvalue weighted by atomic mass is 9.94. The number of benzene rings is 2. The first-order chi connectivity index (χ1) is 11.9. The summed E-state index contributed by atoms with van der Waals surface area (Å²) in [6.07, 6.45) is -0.641. The molecule has 0 saturated carbocycles. The maximum atomic E-state index is 12.0. The van der Waals surface area contributed by atoms with Crippen molar-refractivity contribution in [1.29, 1.82) is 0 Å². The van der Waals surface area contributed by atoms with Crippen LogP contribution in [-0.4, -0.2) is 45.8 Å². The van der Waals surface area contributed by atoms with Gasteiger partial charge in [-0.05, 0) is 36.6 Å². The van der Waals surface area contributed by atoms with E-state index in [0.717, 1.165) is 16.9 Å². The molecule has 3 rings (SSSR count). The standard InChI is InChI=1S/C20H23NO4/c1-20(24)18(22)17(21(2)19(20)23)12-14-8-10-16(11-9-14)25-13-15-6-4-3-5-7-15/h3-11,17-18,22,24H,12-13H2,1-2H3/t17-,18-,20+/m1/s1. The third kappa shape index (κ3) is 3.52. The van der Waals surface area contributed by atoms with Gasteiger partial charge in [-0.3, -0.25) is 4.79 Å². The SMILES string of the molecule is CN1C(=O)[C@@](C)(O)[C@H](O)[C@H]1Cc1ccc(OCc2ccccc2)cc1. The van der Waals surface area contributed by atoms with Crippen LogP contribution in [0.15, 0.2) is 54.6 Å². The van der Waals surface area contributed by atoms with Crippen LogP contribution in [0.1, 0.15) is 18.1 Å². The van der Waals surface area contributed by atoms with Crippen molar-refractivity contribution in [2.24, 2.45) is 0 Å². The predicted molar refractivity (Wildman–Crippen MR) is 94.1 cm³/mol. The monoisotopic (exact) mass is 341 g/mol. The van der Waals surface area contributed by atoms with E-state index in [-0.39, 0.29) is 0 Å². The van der Waals surface area contributed by atoms with Gasteiger partial charge in [0.15, 0.2) is 5.60 Å². The van der Waals surface area contributed by atoms with Gasteiger partial charge in [0.1, 0.15) is 18.5 Å². The van der Waals surface area contributed by atoms with E-state index < -0.39 is 23.7 Å². The van der Waals surface area contributed by atoms with Gasteiger partial charge in [0, 0.05) is 7.05 Å². The largest absolute Gasteiger partial charge is 0.489 e. The summed E-state index contributed by atoms with van der Waals surface area (Å²) in [5.74, 6) is 0.309. The Hall–Kier alpha value is -2.37. The van der Waals surface area contributed by atoms with Gasteiger partial charge in [-0.15, -0.1) is 0 Å². The van der Waals surface area contributed by atoms with Crippen LogP contribution in [0.2, 0.25) is 0 Å². The highest BCUT2D eigenvalue weighted by Crippen LogP contribution is 2.30. The molecule has 0 unspecified atom stereocenters. The molecule has 0 aromatic heterocycles. The second-order valence-electron chi connectivity index (χ2n) is 6.70. The van der Waals surface area contributed by atoms with E-state index in [2.05, 4.69) is 0 Å². The molecule has 25 heavy (non-hydrogen) atoms. The van der Waals surface area contributed by atoms with Crippen LogP contribution in [0.25, 0.3) is 0 Å². The van der Waals surface area contributed by atoms with Gasteiger partial charge in [0.25, 0.3) is 5.91 Å². The number of rotatable bonds is 5. The molecule has 1 amide bonds. The Morgan fingerprint density at radius 1 is 1.08 bits per heavy atom. The van der Waals surface area contributed by atoms with Crippen LogP contribution in [0.3, 0.4) is 0 Å². The second kappa shape index (κ2) is 6.86. The van der Waals surface area contributed by atoms with Crippen molar-refractivity contribution in [3.63, 3.8) is 0 Å². The van der Waals surface area contributed by atoms with Crippen LogP contribution in [0.4, 0.5) is 0 Å². The van der Waals surface area contributed by atoms with Crippen molar-refractivity contribution < 1.29 is 19.7 Å². The highest BCUT2D eigenvalue weighted by molar-refractivity contribution is 5.88. The molecule has 1 saturated heterocycles. The van der Waals surface area contributed by atoms with Crippen LogP contribution >= 0.6 is 0 Å². The fourth-order valence-corrected chi connectivity index (χ4v) is 3.17. The van der Waals surface area contributed by atoms with E-state index in [0.29, 0.717) is 13.0 Å². The van der Waals surface area contributed by atoms with Crippen LogP contribution in [0.5, 0.6) is 5.75 Å². The minimum Gasteiger partial charge on any atom is -0.489 e. The number of likely N-dealkylation sites (N-methyl/N-ethyl adjacent to an activating group) is 1. The Labute approximate surface area is 147 Å². The first kappa shape index (κ1) is 17.5. The predicted octanol–water partition coefficient (Wildman–Crippen LogP) is 1.76. The third-order valence-corrected chi connectivity index (χ3v) is 4.81. The van der Waals surface area contributed by atoms with E-state index in [4.69, 9.17) is 4.74 Å². The second-order valence-corrected chi connectivity index (χ2v) is 6.70. The van der Waals surface area contributed by atoms with Gasteiger partial charge in [0.05, 0.1) is 6.04 Å². The molecule has 0 spiro atoms. The van der Waals surface area contributed by atoms with Crippen molar-refractivity contribution in [1.82, 2.24) is 4.90 Å². The minimum absolute atomic E-state index is 0.446. The Balaban J connectivity index is 1.62. The topological polar surface area (TPSA) is 70.0 Å². The molecule has 132 valence electrons. The summed E-state index contributed by atoms with van der Waals surface area (Å²) in [7, 11) is 1.61. The molecule has 0 radical (unpaired) electrons. The van der Waals surface area contributed by atoms with Crippen molar-refractivity contribution >= 4 is 5.91 Å². The lowest BCUT2D eigenvalue weighted by molar-refractivity contribution is -0.144. The normalized spacial score (nSPS) is 26.1. The fraction of sp³-hybridized carbons (Fsp3) is 0.350. The Bertz CT molecular complexity index is 727. The summed E-state index contributed by atoms with van der Waals surface area (Å²) in [5, 5.41) is 20.4. The van der Waals surface area contributed by atoms with Gasteiger partial charge < -0.3 is 19.8 Å². The van der Waals surface area contributed by atoms with Gasteiger partial charge in [-0.25, -0.2) is 0 Å². The molecule has 1 aliphatic rings. The number of aliphatic hydroxyl groups excluding tert-OH is 1. The van der Waals surface area contributed by atoms with Crippen LogP contribution in [0, 0.1) is 0 Å². The number of ether oxygens (including phenoxy) is 1. The van der Waals surface area contributed by atoms with Crippen molar-refractivity contribution in [2.45, 2.75) is 37.7 Å². The van der Waals surface area contributed by atoms with E-state index >= 15 is 0 Å². The van der Waals surface area contributed by atoms with Crippen LogP contribution in [-0.2, 0) is 17.8 Å². The number of aliphatic hydroxyl groups is 2. The number of nitrogens with zero attached hydrogens (tertiary/aromatic N) is 1. The Morgan fingerprint density at radius 3 is 2.28 bits per heavy atom. The first-order valence-corrected chi connectivity index (χ1v) is 8.33. The highest BCUT2D eigenvalue weighted by Gasteiger charge is 2.53. The zero-order valence-corrected chi connectivity index (χ0v) is 14.4. The maximum Gasteiger partial charge on any atom is 0.257 e. The molecule has 1 heterocycles. The summed E-state index contributed by atoms with van der Waals surface area (Å²) in [5.41, 5.74) is 0.342. The number of carbonyl (C=O) groups excluding carboxylic acids is 1. The van der Waals surface area contributed by atoms with Gasteiger partial charge >= 0.3 is 0 Å². The lowest BCUT2D eigenvalue weighted by Crippen LogP contribution is -2.43. The number of amides is 1. The number of carbonyl (C=O) groups is 1. The molecule has 2 aromatic carbocycles. The smallest absolute Gasteiger partial charge is 0.257 e. The molecular formula is C20H23NO4. The zero-order valence-electron chi connectivity index (χ0n) is 14.4. The summed E-state index contributed by atoms with van der Waals surface area (Å²) in [6, 6.07) is 17.1. The van der Waals surface area contributed by atoms with Crippen molar-refractivity contribution in [3.05, 3.63) is 65.7 Å². The molecule has 2 N–H and O–H groups in total. The quantitative estimate of drug-likeness (QED) is 0.869. The van der Waals surface area contributed by atoms with E-state index in [9.17, 15) is 15.0 Å². The van der Waals surface area contributed by atoms with E-state index in [1.807, 2.05) is 54.6 Å². The molecule has 2 aromatic rings.